The molecule has 0 aliphatic heterocycles. The average molecular weight is 282 g/mol. The van der Waals surface area contributed by atoms with Crippen molar-refractivity contribution in [2.45, 2.75) is 25.7 Å². The van der Waals surface area contributed by atoms with Crippen LogP contribution < -0.4 is 5.32 Å². The molecule has 0 saturated heterocycles. The first-order valence-electron chi connectivity index (χ1n) is 7.01. The summed E-state index contributed by atoms with van der Waals surface area (Å²) in [6, 6.07) is 3.61. The Morgan fingerprint density at radius 2 is 2.19 bits per heavy atom. The van der Waals surface area contributed by atoms with Crippen LogP contribution in [0.5, 0.6) is 0 Å². The van der Waals surface area contributed by atoms with Gasteiger partial charge in [0.2, 0.25) is 0 Å². The summed E-state index contributed by atoms with van der Waals surface area (Å²) in [7, 11) is 0. The lowest BCUT2D eigenvalue weighted by Crippen LogP contribution is -2.14. The fourth-order valence-electron chi connectivity index (χ4n) is 2.80. The second kappa shape index (κ2) is 4.73. The van der Waals surface area contributed by atoms with Crippen LogP contribution in [0, 0.1) is 0 Å². The first-order chi connectivity index (χ1) is 10.3. The largest absolute Gasteiger partial charge is 0.459 e. The molecule has 4 rings (SSSR count). The molecular weight excluding hydrogens is 268 g/mol. The molecule has 0 aromatic carbocycles. The topological polar surface area (TPSA) is 72.4 Å². The SMILES string of the molecule is O=C(Nc1ccc2nncn2c1)c1occ2c1CCCC2. The molecule has 21 heavy (non-hydrogen) atoms. The molecule has 3 aromatic rings. The monoisotopic (exact) mass is 282 g/mol. The van der Waals surface area contributed by atoms with E-state index in [1.165, 1.54) is 5.56 Å². The van der Waals surface area contributed by atoms with Crippen molar-refractivity contribution in [2.75, 3.05) is 5.32 Å². The molecule has 1 amide bonds. The van der Waals surface area contributed by atoms with Crippen molar-refractivity contribution in [1.82, 2.24) is 14.6 Å². The van der Waals surface area contributed by atoms with Gasteiger partial charge in [0.1, 0.15) is 6.33 Å². The summed E-state index contributed by atoms with van der Waals surface area (Å²) < 4.78 is 7.24. The third kappa shape index (κ3) is 2.08. The number of carbonyl (C=O) groups excluding carboxylic acids is 1. The van der Waals surface area contributed by atoms with Crippen LogP contribution in [-0.2, 0) is 12.8 Å². The number of fused-ring (bicyclic) bond motifs is 2. The number of amides is 1. The summed E-state index contributed by atoms with van der Waals surface area (Å²) in [5.74, 6) is 0.235. The number of aromatic nitrogens is 3. The lowest BCUT2D eigenvalue weighted by molar-refractivity contribution is 0.0995. The van der Waals surface area contributed by atoms with Crippen molar-refractivity contribution in [1.29, 1.82) is 0 Å². The minimum absolute atomic E-state index is 0.203. The maximum atomic E-state index is 12.4. The van der Waals surface area contributed by atoms with E-state index in [0.717, 1.165) is 36.9 Å². The molecule has 0 spiro atoms. The quantitative estimate of drug-likeness (QED) is 0.783. The normalized spacial score (nSPS) is 14.1. The van der Waals surface area contributed by atoms with E-state index in [1.54, 1.807) is 35.3 Å². The zero-order valence-corrected chi connectivity index (χ0v) is 11.4. The van der Waals surface area contributed by atoms with Gasteiger partial charge in [-0.05, 0) is 43.4 Å². The summed E-state index contributed by atoms with van der Waals surface area (Å²) in [5, 5.41) is 10.6. The summed E-state index contributed by atoms with van der Waals surface area (Å²) in [5.41, 5.74) is 3.65. The summed E-state index contributed by atoms with van der Waals surface area (Å²) in [6.07, 6.45) is 9.28. The molecular formula is C15H14N4O2. The zero-order valence-electron chi connectivity index (χ0n) is 11.4. The summed E-state index contributed by atoms with van der Waals surface area (Å²) in [6.45, 7) is 0. The van der Waals surface area contributed by atoms with Gasteiger partial charge in [0.15, 0.2) is 11.4 Å². The highest BCUT2D eigenvalue weighted by Crippen LogP contribution is 2.26. The summed E-state index contributed by atoms with van der Waals surface area (Å²) >= 11 is 0. The highest BCUT2D eigenvalue weighted by molar-refractivity contribution is 6.03. The Morgan fingerprint density at radius 1 is 1.29 bits per heavy atom. The molecule has 106 valence electrons. The standard InChI is InChI=1S/C15H14N4O2/c20-15(14-12-4-2-1-3-10(12)8-21-14)17-11-5-6-13-18-16-9-19(13)7-11/h5-9H,1-4H2,(H,17,20). The van der Waals surface area contributed by atoms with Crippen molar-refractivity contribution in [3.05, 3.63) is 47.8 Å². The molecule has 0 fully saturated rings. The van der Waals surface area contributed by atoms with E-state index in [-0.39, 0.29) is 5.91 Å². The molecule has 3 aromatic heterocycles. The van der Waals surface area contributed by atoms with E-state index in [9.17, 15) is 4.79 Å². The van der Waals surface area contributed by atoms with Crippen LogP contribution in [0.1, 0.15) is 34.5 Å². The number of carbonyl (C=O) groups is 1. The molecule has 3 heterocycles. The van der Waals surface area contributed by atoms with Crippen molar-refractivity contribution >= 4 is 17.2 Å². The first kappa shape index (κ1) is 12.1. The molecule has 1 aliphatic carbocycles. The van der Waals surface area contributed by atoms with Gasteiger partial charge in [-0.15, -0.1) is 10.2 Å². The van der Waals surface area contributed by atoms with Crippen LogP contribution >= 0.6 is 0 Å². The third-order valence-electron chi connectivity index (χ3n) is 3.86. The van der Waals surface area contributed by atoms with Crippen molar-refractivity contribution in [2.24, 2.45) is 0 Å². The second-order valence-corrected chi connectivity index (χ2v) is 5.24. The van der Waals surface area contributed by atoms with Gasteiger partial charge in [-0.2, -0.15) is 0 Å². The van der Waals surface area contributed by atoms with Gasteiger partial charge >= 0.3 is 0 Å². The number of hydrogen-bond acceptors (Lipinski definition) is 4. The Morgan fingerprint density at radius 3 is 3.14 bits per heavy atom. The average Bonchev–Trinajstić information content (AvgIpc) is 3.13. The van der Waals surface area contributed by atoms with Crippen LogP contribution in [0.15, 0.2) is 35.3 Å². The van der Waals surface area contributed by atoms with E-state index in [1.807, 2.05) is 0 Å². The van der Waals surface area contributed by atoms with E-state index >= 15 is 0 Å². The molecule has 0 atom stereocenters. The Labute approximate surface area is 120 Å². The fraction of sp³-hybridized carbons (Fsp3) is 0.267. The number of pyridine rings is 1. The fourth-order valence-corrected chi connectivity index (χ4v) is 2.80. The predicted octanol–water partition coefficient (Wildman–Crippen LogP) is 2.45. The Bertz CT molecular complexity index is 818. The molecule has 6 nitrogen and oxygen atoms in total. The van der Waals surface area contributed by atoms with Crippen LogP contribution in [0.4, 0.5) is 5.69 Å². The third-order valence-corrected chi connectivity index (χ3v) is 3.86. The number of rotatable bonds is 2. The van der Waals surface area contributed by atoms with Gasteiger partial charge in [0, 0.05) is 11.8 Å². The number of hydrogen-bond donors (Lipinski definition) is 1. The van der Waals surface area contributed by atoms with Crippen molar-refractivity contribution < 1.29 is 9.21 Å². The predicted molar refractivity (Wildman–Crippen MR) is 76.3 cm³/mol. The highest BCUT2D eigenvalue weighted by atomic mass is 16.3. The van der Waals surface area contributed by atoms with E-state index in [2.05, 4.69) is 15.5 Å². The smallest absolute Gasteiger partial charge is 0.291 e. The number of anilines is 1. The number of furan rings is 1. The van der Waals surface area contributed by atoms with Crippen LogP contribution in [0.25, 0.3) is 5.65 Å². The van der Waals surface area contributed by atoms with Gasteiger partial charge in [-0.1, -0.05) is 0 Å². The van der Waals surface area contributed by atoms with Crippen molar-refractivity contribution in [3.63, 3.8) is 0 Å². The van der Waals surface area contributed by atoms with Gasteiger partial charge in [0.05, 0.1) is 12.0 Å². The Kier molecular flexibility index (Phi) is 2.73. The Balaban J connectivity index is 1.61. The molecule has 1 N–H and O–H groups in total. The van der Waals surface area contributed by atoms with Crippen LogP contribution in [0.3, 0.4) is 0 Å². The second-order valence-electron chi connectivity index (χ2n) is 5.24. The van der Waals surface area contributed by atoms with Crippen LogP contribution in [-0.4, -0.2) is 20.5 Å². The lowest BCUT2D eigenvalue weighted by atomic mass is 9.94. The van der Waals surface area contributed by atoms with Crippen LogP contribution in [0.2, 0.25) is 0 Å². The molecule has 6 heteroatoms. The molecule has 1 aliphatic rings. The first-order valence-corrected chi connectivity index (χ1v) is 7.01. The maximum Gasteiger partial charge on any atom is 0.291 e. The molecule has 0 radical (unpaired) electrons. The number of nitrogens with zero attached hydrogens (tertiary/aromatic N) is 3. The van der Waals surface area contributed by atoms with E-state index < -0.39 is 0 Å². The minimum Gasteiger partial charge on any atom is -0.459 e. The molecule has 0 saturated carbocycles. The lowest BCUT2D eigenvalue weighted by Gasteiger charge is -2.11. The maximum absolute atomic E-state index is 12.4. The zero-order chi connectivity index (χ0) is 14.2. The van der Waals surface area contributed by atoms with Crippen molar-refractivity contribution in [3.8, 4) is 0 Å². The van der Waals surface area contributed by atoms with Gasteiger partial charge < -0.3 is 9.73 Å². The van der Waals surface area contributed by atoms with E-state index in [0.29, 0.717) is 11.4 Å². The van der Waals surface area contributed by atoms with Gasteiger partial charge in [0.25, 0.3) is 5.91 Å². The minimum atomic E-state index is -0.203. The van der Waals surface area contributed by atoms with Gasteiger partial charge in [-0.3, -0.25) is 9.20 Å². The summed E-state index contributed by atoms with van der Waals surface area (Å²) in [4.78, 5) is 12.4. The highest BCUT2D eigenvalue weighted by Gasteiger charge is 2.22. The molecule has 0 unspecified atom stereocenters. The van der Waals surface area contributed by atoms with E-state index in [4.69, 9.17) is 4.42 Å². The number of nitrogens with one attached hydrogen (secondary N) is 1. The van der Waals surface area contributed by atoms with Gasteiger partial charge in [-0.25, -0.2) is 0 Å². The number of aryl methyl sites for hydroxylation is 1. The Hall–Kier alpha value is -2.63. The molecule has 0 bridgehead atoms.